The van der Waals surface area contributed by atoms with Gasteiger partial charge >= 0.3 is 0 Å². The lowest BCUT2D eigenvalue weighted by atomic mass is 10.1. The van der Waals surface area contributed by atoms with Crippen LogP contribution in [0.5, 0.6) is 0 Å². The lowest BCUT2D eigenvalue weighted by molar-refractivity contribution is 0.370. The average molecular weight is 191 g/mol. The molecule has 0 saturated heterocycles. The molecule has 0 bridgehead atoms. The predicted octanol–water partition coefficient (Wildman–Crippen LogP) is 1.45. The van der Waals surface area contributed by atoms with Gasteiger partial charge < -0.3 is 9.47 Å². The SMILES string of the molecule is Cc1nc(C2=CCN(C)CC2)cn1C. The molecule has 0 N–H and O–H groups in total. The second-order valence-corrected chi connectivity index (χ2v) is 4.03. The van der Waals surface area contributed by atoms with E-state index in [0.29, 0.717) is 0 Å². The molecule has 2 rings (SSSR count). The molecule has 0 atom stereocenters. The van der Waals surface area contributed by atoms with Gasteiger partial charge in [0.1, 0.15) is 5.82 Å². The molecule has 2 heterocycles. The van der Waals surface area contributed by atoms with Crippen LogP contribution in [0.4, 0.5) is 0 Å². The van der Waals surface area contributed by atoms with Gasteiger partial charge in [-0.05, 0) is 26.0 Å². The smallest absolute Gasteiger partial charge is 0.105 e. The van der Waals surface area contributed by atoms with Crippen molar-refractivity contribution in [3.63, 3.8) is 0 Å². The van der Waals surface area contributed by atoms with E-state index in [2.05, 4.69) is 33.8 Å². The highest BCUT2D eigenvalue weighted by atomic mass is 15.1. The minimum Gasteiger partial charge on any atom is -0.338 e. The Balaban J connectivity index is 2.23. The summed E-state index contributed by atoms with van der Waals surface area (Å²) in [5.41, 5.74) is 2.55. The monoisotopic (exact) mass is 191 g/mol. The maximum atomic E-state index is 4.54. The first kappa shape index (κ1) is 9.46. The number of nitrogens with zero attached hydrogens (tertiary/aromatic N) is 3. The van der Waals surface area contributed by atoms with Crippen LogP contribution in [-0.4, -0.2) is 34.6 Å². The fraction of sp³-hybridized carbons (Fsp3) is 0.545. The number of rotatable bonds is 1. The van der Waals surface area contributed by atoms with Gasteiger partial charge in [0.2, 0.25) is 0 Å². The molecule has 1 aliphatic rings. The molecule has 0 saturated carbocycles. The second-order valence-electron chi connectivity index (χ2n) is 4.03. The first-order valence-corrected chi connectivity index (χ1v) is 5.05. The molecule has 0 aromatic carbocycles. The van der Waals surface area contributed by atoms with Crippen molar-refractivity contribution in [1.82, 2.24) is 14.5 Å². The van der Waals surface area contributed by atoms with Crippen LogP contribution in [0.25, 0.3) is 5.57 Å². The van der Waals surface area contributed by atoms with Crippen LogP contribution < -0.4 is 0 Å². The van der Waals surface area contributed by atoms with E-state index in [9.17, 15) is 0 Å². The first-order valence-electron chi connectivity index (χ1n) is 5.05. The fourth-order valence-corrected chi connectivity index (χ4v) is 1.72. The maximum Gasteiger partial charge on any atom is 0.105 e. The van der Waals surface area contributed by atoms with E-state index in [0.717, 1.165) is 31.0 Å². The molecule has 14 heavy (non-hydrogen) atoms. The van der Waals surface area contributed by atoms with E-state index in [1.54, 1.807) is 0 Å². The van der Waals surface area contributed by atoms with Crippen molar-refractivity contribution >= 4 is 5.57 Å². The summed E-state index contributed by atoms with van der Waals surface area (Å²) in [5.74, 6) is 1.08. The zero-order chi connectivity index (χ0) is 10.1. The zero-order valence-corrected chi connectivity index (χ0v) is 9.12. The third-order valence-electron chi connectivity index (χ3n) is 2.85. The molecule has 0 fully saturated rings. The summed E-state index contributed by atoms with van der Waals surface area (Å²) in [6, 6.07) is 0. The highest BCUT2D eigenvalue weighted by Gasteiger charge is 2.12. The lowest BCUT2D eigenvalue weighted by Gasteiger charge is -2.20. The molecule has 76 valence electrons. The van der Waals surface area contributed by atoms with Crippen molar-refractivity contribution in [2.75, 3.05) is 20.1 Å². The summed E-state index contributed by atoms with van der Waals surface area (Å²) < 4.78 is 2.08. The van der Waals surface area contributed by atoms with Crippen molar-refractivity contribution < 1.29 is 0 Å². The minimum atomic E-state index is 1.05. The largest absolute Gasteiger partial charge is 0.338 e. The topological polar surface area (TPSA) is 21.1 Å². The molecule has 0 radical (unpaired) electrons. The van der Waals surface area contributed by atoms with Crippen LogP contribution in [0.2, 0.25) is 0 Å². The minimum absolute atomic E-state index is 1.05. The predicted molar refractivity (Wildman–Crippen MR) is 58.0 cm³/mol. The quantitative estimate of drug-likeness (QED) is 0.670. The summed E-state index contributed by atoms with van der Waals surface area (Å²) in [4.78, 5) is 6.85. The summed E-state index contributed by atoms with van der Waals surface area (Å²) in [5, 5.41) is 0. The molecule has 0 amide bonds. The van der Waals surface area contributed by atoms with E-state index in [1.807, 2.05) is 14.0 Å². The van der Waals surface area contributed by atoms with Gasteiger partial charge in [0, 0.05) is 26.3 Å². The Morgan fingerprint density at radius 2 is 2.14 bits per heavy atom. The van der Waals surface area contributed by atoms with Gasteiger partial charge in [-0.3, -0.25) is 0 Å². The number of hydrogen-bond acceptors (Lipinski definition) is 2. The van der Waals surface area contributed by atoms with Crippen LogP contribution in [0.1, 0.15) is 17.9 Å². The van der Waals surface area contributed by atoms with Crippen LogP contribution in [0, 0.1) is 6.92 Å². The van der Waals surface area contributed by atoms with Crippen molar-refractivity contribution in [3.8, 4) is 0 Å². The maximum absolute atomic E-state index is 4.54. The molecule has 0 unspecified atom stereocenters. The standard InChI is InChI=1S/C11H17N3/c1-9-12-11(8-14(9)3)10-4-6-13(2)7-5-10/h4,8H,5-7H2,1-3H3. The Morgan fingerprint density at radius 1 is 1.36 bits per heavy atom. The highest BCUT2D eigenvalue weighted by molar-refractivity contribution is 5.63. The Labute approximate surface area is 85.1 Å². The number of aryl methyl sites for hydroxylation is 2. The molecule has 1 aromatic rings. The van der Waals surface area contributed by atoms with Gasteiger partial charge in [0.05, 0.1) is 5.69 Å². The Morgan fingerprint density at radius 3 is 2.64 bits per heavy atom. The normalized spacial score (nSPS) is 18.4. The van der Waals surface area contributed by atoms with Crippen LogP contribution in [0.3, 0.4) is 0 Å². The summed E-state index contributed by atoms with van der Waals surface area (Å²) in [7, 11) is 4.19. The third kappa shape index (κ3) is 1.73. The molecule has 1 aliphatic heterocycles. The van der Waals surface area contributed by atoms with Crippen LogP contribution in [0.15, 0.2) is 12.3 Å². The second kappa shape index (κ2) is 3.58. The van der Waals surface area contributed by atoms with Crippen LogP contribution >= 0.6 is 0 Å². The highest BCUT2D eigenvalue weighted by Crippen LogP contribution is 2.20. The summed E-state index contributed by atoms with van der Waals surface area (Å²) >= 11 is 0. The van der Waals surface area contributed by atoms with Gasteiger partial charge in [-0.15, -0.1) is 0 Å². The van der Waals surface area contributed by atoms with Gasteiger partial charge in [-0.2, -0.15) is 0 Å². The van der Waals surface area contributed by atoms with Gasteiger partial charge in [-0.1, -0.05) is 6.08 Å². The molecule has 3 nitrogen and oxygen atoms in total. The van der Waals surface area contributed by atoms with E-state index in [-0.39, 0.29) is 0 Å². The van der Waals surface area contributed by atoms with Crippen molar-refractivity contribution in [1.29, 1.82) is 0 Å². The third-order valence-corrected chi connectivity index (χ3v) is 2.85. The summed E-state index contributed by atoms with van der Waals surface area (Å²) in [6.07, 6.45) is 5.52. The number of imidazole rings is 1. The molecular weight excluding hydrogens is 174 g/mol. The fourth-order valence-electron chi connectivity index (χ4n) is 1.72. The Bertz CT molecular complexity index is 343. The number of hydrogen-bond donors (Lipinski definition) is 0. The molecular formula is C11H17N3. The molecule has 1 aromatic heterocycles. The van der Waals surface area contributed by atoms with Gasteiger partial charge in [-0.25, -0.2) is 4.98 Å². The molecule has 0 spiro atoms. The van der Waals surface area contributed by atoms with Crippen molar-refractivity contribution in [3.05, 3.63) is 23.8 Å². The van der Waals surface area contributed by atoms with Crippen LogP contribution in [-0.2, 0) is 7.05 Å². The van der Waals surface area contributed by atoms with Crippen molar-refractivity contribution in [2.24, 2.45) is 7.05 Å². The zero-order valence-electron chi connectivity index (χ0n) is 9.12. The number of likely N-dealkylation sites (N-methyl/N-ethyl adjacent to an activating group) is 1. The molecule has 3 heteroatoms. The average Bonchev–Trinajstić information content (AvgIpc) is 2.48. The first-order chi connectivity index (χ1) is 6.66. The lowest BCUT2D eigenvalue weighted by Crippen LogP contribution is -2.23. The number of aromatic nitrogens is 2. The van der Waals surface area contributed by atoms with Gasteiger partial charge in [0.25, 0.3) is 0 Å². The van der Waals surface area contributed by atoms with E-state index >= 15 is 0 Å². The summed E-state index contributed by atoms with van der Waals surface area (Å²) in [6.45, 7) is 4.23. The molecule has 0 aliphatic carbocycles. The van der Waals surface area contributed by atoms with E-state index in [1.165, 1.54) is 5.57 Å². The van der Waals surface area contributed by atoms with Crippen molar-refractivity contribution in [2.45, 2.75) is 13.3 Å². The van der Waals surface area contributed by atoms with E-state index < -0.39 is 0 Å². The van der Waals surface area contributed by atoms with E-state index in [4.69, 9.17) is 0 Å². The Hall–Kier alpha value is -1.09. The van der Waals surface area contributed by atoms with Gasteiger partial charge in [0.15, 0.2) is 0 Å². The Kier molecular flexibility index (Phi) is 2.42.